The number of alkyl halides is 1. The minimum absolute atomic E-state index is 0.215. The summed E-state index contributed by atoms with van der Waals surface area (Å²) in [6, 6.07) is 20.1. The van der Waals surface area contributed by atoms with E-state index in [-0.39, 0.29) is 12.7 Å². The third-order valence-corrected chi connectivity index (χ3v) is 9.68. The van der Waals surface area contributed by atoms with Gasteiger partial charge in [-0.3, -0.25) is 9.29 Å². The second-order valence-electron chi connectivity index (χ2n) is 12.0. The van der Waals surface area contributed by atoms with E-state index in [9.17, 15) is 4.39 Å². The predicted molar refractivity (Wildman–Crippen MR) is 145 cm³/mol. The van der Waals surface area contributed by atoms with Crippen molar-refractivity contribution in [2.45, 2.75) is 69.6 Å². The Morgan fingerprint density at radius 2 is 1.89 bits per heavy atom. The molecule has 8 rings (SSSR count). The van der Waals surface area contributed by atoms with Gasteiger partial charge >= 0.3 is 0 Å². The number of fused-ring (bicyclic) bond motifs is 4. The Bertz CT molecular complexity index is 1210. The molecule has 190 valence electrons. The summed E-state index contributed by atoms with van der Waals surface area (Å²) in [5.41, 5.74) is 6.81. The fourth-order valence-electron chi connectivity index (χ4n) is 7.96. The predicted octanol–water partition coefficient (Wildman–Crippen LogP) is 6.15. The molecular formula is C31H39FN4. The fourth-order valence-corrected chi connectivity index (χ4v) is 7.96. The van der Waals surface area contributed by atoms with Crippen molar-refractivity contribution in [2.75, 3.05) is 31.6 Å². The second kappa shape index (κ2) is 9.18. The summed E-state index contributed by atoms with van der Waals surface area (Å²) >= 11 is 0. The average molecular weight is 487 g/mol. The number of rotatable bonds is 7. The van der Waals surface area contributed by atoms with Crippen molar-refractivity contribution in [2.24, 2.45) is 11.8 Å². The fraction of sp³-hybridized carbons (Fsp3) is 0.548. The second-order valence-corrected chi connectivity index (χ2v) is 12.0. The molecule has 2 aromatic carbocycles. The zero-order valence-electron chi connectivity index (χ0n) is 21.4. The van der Waals surface area contributed by atoms with Crippen LogP contribution in [-0.2, 0) is 6.42 Å². The molecule has 2 aliphatic heterocycles. The van der Waals surface area contributed by atoms with Gasteiger partial charge in [-0.2, -0.15) is 0 Å². The number of nitrogens with zero attached hydrogens (tertiary/aromatic N) is 2. The molecule has 4 atom stereocenters. The average Bonchev–Trinajstić information content (AvgIpc) is 3.65. The van der Waals surface area contributed by atoms with Crippen molar-refractivity contribution in [1.82, 2.24) is 14.8 Å². The molecule has 5 heteroatoms. The summed E-state index contributed by atoms with van der Waals surface area (Å²) in [7, 11) is 0. The van der Waals surface area contributed by atoms with E-state index in [1.54, 1.807) is 0 Å². The van der Waals surface area contributed by atoms with E-state index in [0.717, 1.165) is 44.3 Å². The summed E-state index contributed by atoms with van der Waals surface area (Å²) in [6.45, 7) is 5.19. The smallest absolute Gasteiger partial charge is 0.0906 e. The largest absolute Gasteiger partial charge is 0.381 e. The van der Waals surface area contributed by atoms with Gasteiger partial charge in [0.1, 0.15) is 0 Å². The van der Waals surface area contributed by atoms with Gasteiger partial charge in [-0.1, -0.05) is 30.3 Å². The number of nitrogens with one attached hydrogen (secondary N) is 2. The molecule has 3 heterocycles. The molecule has 1 unspecified atom stereocenters. The van der Waals surface area contributed by atoms with Crippen molar-refractivity contribution in [1.29, 1.82) is 0 Å². The number of H-pyrrole nitrogens is 1. The van der Waals surface area contributed by atoms with Crippen molar-refractivity contribution >= 4 is 16.6 Å². The highest BCUT2D eigenvalue weighted by molar-refractivity contribution is 5.85. The zero-order valence-corrected chi connectivity index (χ0v) is 21.4. The topological polar surface area (TPSA) is 34.3 Å². The lowest BCUT2D eigenvalue weighted by atomic mass is 9.82. The molecule has 0 amide bonds. The van der Waals surface area contributed by atoms with Gasteiger partial charge in [0.05, 0.1) is 12.7 Å². The molecule has 4 nitrogen and oxygen atoms in total. The Labute approximate surface area is 214 Å². The summed E-state index contributed by atoms with van der Waals surface area (Å²) in [4.78, 5) is 9.14. The molecule has 3 aliphatic carbocycles. The van der Waals surface area contributed by atoms with Gasteiger partial charge in [-0.25, -0.2) is 0 Å². The van der Waals surface area contributed by atoms with E-state index < -0.39 is 0 Å². The molecule has 5 aliphatic rings. The first-order valence-corrected chi connectivity index (χ1v) is 14.2. The summed E-state index contributed by atoms with van der Waals surface area (Å²) < 4.78 is 12.6. The van der Waals surface area contributed by atoms with Crippen LogP contribution in [0.5, 0.6) is 0 Å². The van der Waals surface area contributed by atoms with Gasteiger partial charge in [0.2, 0.25) is 0 Å². The molecule has 0 radical (unpaired) electrons. The highest BCUT2D eigenvalue weighted by atomic mass is 19.1. The Morgan fingerprint density at radius 1 is 1.06 bits per heavy atom. The maximum Gasteiger partial charge on any atom is 0.0906 e. The Hall–Kier alpha value is -2.37. The van der Waals surface area contributed by atoms with Crippen LogP contribution >= 0.6 is 0 Å². The van der Waals surface area contributed by atoms with E-state index in [4.69, 9.17) is 0 Å². The number of anilines is 1. The lowest BCUT2D eigenvalue weighted by Gasteiger charge is -2.46. The molecule has 3 aromatic rings. The van der Waals surface area contributed by atoms with Crippen LogP contribution in [0.1, 0.15) is 61.9 Å². The van der Waals surface area contributed by atoms with Crippen molar-refractivity contribution in [3.05, 3.63) is 65.4 Å². The molecular weight excluding hydrogens is 447 g/mol. The number of aromatic amines is 1. The number of hydrogen-bond acceptors (Lipinski definition) is 3. The number of para-hydroxylation sites is 1. The molecule has 0 spiro atoms. The molecule has 2 N–H and O–H groups in total. The minimum Gasteiger partial charge on any atom is -0.381 e. The Morgan fingerprint density at radius 3 is 2.67 bits per heavy atom. The van der Waals surface area contributed by atoms with Gasteiger partial charge in [0.15, 0.2) is 0 Å². The van der Waals surface area contributed by atoms with Crippen molar-refractivity contribution in [3.8, 4) is 0 Å². The van der Waals surface area contributed by atoms with E-state index >= 15 is 0 Å². The van der Waals surface area contributed by atoms with Crippen LogP contribution < -0.4 is 5.32 Å². The number of aromatic nitrogens is 1. The van der Waals surface area contributed by atoms with E-state index in [1.165, 1.54) is 52.7 Å². The molecule has 2 bridgehead atoms. The minimum atomic E-state index is -0.215. The van der Waals surface area contributed by atoms with Gasteiger partial charge < -0.3 is 15.2 Å². The van der Waals surface area contributed by atoms with Crippen LogP contribution in [-0.4, -0.2) is 59.2 Å². The van der Waals surface area contributed by atoms with Crippen LogP contribution in [0, 0.1) is 11.8 Å². The first-order chi connectivity index (χ1) is 17.7. The van der Waals surface area contributed by atoms with Crippen LogP contribution in [0.15, 0.2) is 48.5 Å². The van der Waals surface area contributed by atoms with Gasteiger partial charge in [-0.05, 0) is 86.6 Å². The molecule has 36 heavy (non-hydrogen) atoms. The third-order valence-electron chi connectivity index (χ3n) is 9.68. The van der Waals surface area contributed by atoms with E-state index in [1.807, 2.05) is 0 Å². The SMILES string of the molecule is C[C@@H]1Cc2c([nH]c3ccccc23)[C@@H](c2ccc(N[C@H]3CCN(CCCF)C3)cc2)N1C1CC2CC1C2. The Balaban J connectivity index is 1.18. The molecule has 1 aromatic heterocycles. The maximum atomic E-state index is 12.6. The van der Waals surface area contributed by atoms with E-state index in [2.05, 4.69) is 75.6 Å². The normalized spacial score (nSPS) is 32.1. The lowest BCUT2D eigenvalue weighted by Crippen LogP contribution is -2.49. The quantitative estimate of drug-likeness (QED) is 0.420. The number of halogens is 1. The molecule has 4 fully saturated rings. The van der Waals surface area contributed by atoms with Crippen molar-refractivity contribution in [3.63, 3.8) is 0 Å². The highest BCUT2D eigenvalue weighted by Crippen LogP contribution is 2.54. The number of likely N-dealkylation sites (tertiary alicyclic amines) is 1. The molecule has 1 saturated heterocycles. The third kappa shape index (κ3) is 3.86. The Kier molecular flexibility index (Phi) is 5.81. The van der Waals surface area contributed by atoms with Crippen LogP contribution in [0.25, 0.3) is 10.9 Å². The van der Waals surface area contributed by atoms with Crippen LogP contribution in [0.2, 0.25) is 0 Å². The summed E-state index contributed by atoms with van der Waals surface area (Å²) in [5, 5.41) is 5.15. The van der Waals surface area contributed by atoms with Gasteiger partial charge in [0, 0.05) is 60.0 Å². The first-order valence-electron chi connectivity index (χ1n) is 14.2. The monoisotopic (exact) mass is 486 g/mol. The summed E-state index contributed by atoms with van der Waals surface area (Å²) in [5.74, 6) is 1.84. The lowest BCUT2D eigenvalue weighted by molar-refractivity contribution is 0.0712. The summed E-state index contributed by atoms with van der Waals surface area (Å²) in [6.07, 6.45) is 7.16. The first kappa shape index (κ1) is 22.8. The highest BCUT2D eigenvalue weighted by Gasteiger charge is 2.51. The van der Waals surface area contributed by atoms with E-state index in [0.29, 0.717) is 24.5 Å². The maximum absolute atomic E-state index is 12.6. The zero-order chi connectivity index (χ0) is 24.2. The van der Waals surface area contributed by atoms with Crippen LogP contribution in [0.4, 0.5) is 10.1 Å². The van der Waals surface area contributed by atoms with Crippen molar-refractivity contribution < 1.29 is 4.39 Å². The van der Waals surface area contributed by atoms with Crippen LogP contribution in [0.3, 0.4) is 0 Å². The van der Waals surface area contributed by atoms with Gasteiger partial charge in [0.25, 0.3) is 0 Å². The van der Waals surface area contributed by atoms with Gasteiger partial charge in [-0.15, -0.1) is 0 Å². The standard InChI is InChI=1S/C31H39FN4/c1-20-15-27-26-5-2-3-6-28(26)34-30(27)31(36(20)29-18-21-16-23(29)17-21)22-7-9-24(10-8-22)33-25-11-14-35(19-25)13-4-12-32/h2-3,5-10,20-21,23,25,29,31,33-34H,4,11-19H2,1H3/t20-,21?,23?,25+,29?,31-/m1/s1. The molecule has 3 saturated carbocycles. The number of benzene rings is 2. The number of hydrogen-bond donors (Lipinski definition) is 2.